The molecule has 1 atom stereocenters. The zero-order valence-corrected chi connectivity index (χ0v) is 14.7. The third kappa shape index (κ3) is 2.96. The van der Waals surface area contributed by atoms with Gasteiger partial charge >= 0.3 is 5.97 Å². The molecule has 0 aliphatic carbocycles. The van der Waals surface area contributed by atoms with E-state index in [4.69, 9.17) is 16.3 Å². The second kappa shape index (κ2) is 6.51. The van der Waals surface area contributed by atoms with Crippen LogP contribution in [-0.2, 0) is 14.3 Å². The Labute approximate surface area is 158 Å². The van der Waals surface area contributed by atoms with Gasteiger partial charge in [0.15, 0.2) is 0 Å². The fourth-order valence-electron chi connectivity index (χ4n) is 3.51. The van der Waals surface area contributed by atoms with Crippen LogP contribution in [0.3, 0.4) is 0 Å². The molecule has 0 fully saturated rings. The third-order valence-electron chi connectivity index (χ3n) is 4.67. The number of benzene rings is 2. The summed E-state index contributed by atoms with van der Waals surface area (Å²) in [5.41, 5.74) is 1.81. The van der Waals surface area contributed by atoms with Gasteiger partial charge in [0.2, 0.25) is 5.91 Å². The molecule has 8 heteroatoms. The molecule has 2 aromatic carbocycles. The molecular formula is C19H13ClN2O5. The van der Waals surface area contributed by atoms with Gasteiger partial charge in [0.25, 0.3) is 5.69 Å². The number of carbonyl (C=O) groups excluding carboxylic acids is 2. The van der Waals surface area contributed by atoms with Crippen molar-refractivity contribution in [2.24, 2.45) is 0 Å². The van der Waals surface area contributed by atoms with Gasteiger partial charge in [-0.05, 0) is 23.8 Å². The molecule has 0 radical (unpaired) electrons. The van der Waals surface area contributed by atoms with Crippen LogP contribution in [0.4, 0.5) is 11.4 Å². The smallest absolute Gasteiger partial charge is 0.336 e. The molecule has 2 aliphatic heterocycles. The molecule has 2 aromatic rings. The summed E-state index contributed by atoms with van der Waals surface area (Å²) in [6.45, 7) is -0.0299. The van der Waals surface area contributed by atoms with Gasteiger partial charge in [0.05, 0.1) is 21.9 Å². The fraction of sp³-hybridized carbons (Fsp3) is 0.158. The maximum Gasteiger partial charge on any atom is 0.336 e. The number of nitro benzene ring substituents is 1. The SMILES string of the molecule is O=C1OCC2=C1C(c1cccc([N+](=O)[O-])c1)CC(=O)N2c1cccc(Cl)c1. The van der Waals surface area contributed by atoms with Gasteiger partial charge in [-0.2, -0.15) is 0 Å². The summed E-state index contributed by atoms with van der Waals surface area (Å²) in [6.07, 6.45) is 0.00160. The number of cyclic esters (lactones) is 1. The van der Waals surface area contributed by atoms with Crippen LogP contribution in [0.5, 0.6) is 0 Å². The van der Waals surface area contributed by atoms with Gasteiger partial charge in [0, 0.05) is 29.5 Å². The molecule has 0 N–H and O–H groups in total. The molecule has 1 unspecified atom stereocenters. The Balaban J connectivity index is 1.83. The second-order valence-corrected chi connectivity index (χ2v) is 6.69. The van der Waals surface area contributed by atoms with Crippen LogP contribution in [0.25, 0.3) is 0 Å². The highest BCUT2D eigenvalue weighted by atomic mass is 35.5. The zero-order chi connectivity index (χ0) is 19.1. The van der Waals surface area contributed by atoms with Crippen molar-refractivity contribution in [3.05, 3.63) is 80.5 Å². The van der Waals surface area contributed by atoms with Crippen molar-refractivity contribution in [3.8, 4) is 0 Å². The minimum atomic E-state index is -0.585. The second-order valence-electron chi connectivity index (χ2n) is 6.25. The van der Waals surface area contributed by atoms with Gasteiger partial charge in [-0.25, -0.2) is 4.79 Å². The van der Waals surface area contributed by atoms with E-state index < -0.39 is 16.8 Å². The van der Waals surface area contributed by atoms with Gasteiger partial charge in [-0.3, -0.25) is 19.8 Å². The van der Waals surface area contributed by atoms with Crippen LogP contribution in [0.1, 0.15) is 17.9 Å². The quantitative estimate of drug-likeness (QED) is 0.458. The summed E-state index contributed by atoms with van der Waals surface area (Å²) in [5.74, 6) is -1.33. The number of carbonyl (C=O) groups is 2. The van der Waals surface area contributed by atoms with Gasteiger partial charge in [-0.15, -0.1) is 0 Å². The molecule has 2 heterocycles. The van der Waals surface area contributed by atoms with E-state index in [1.165, 1.54) is 17.0 Å². The first-order valence-electron chi connectivity index (χ1n) is 8.19. The summed E-state index contributed by atoms with van der Waals surface area (Å²) in [6, 6.07) is 12.8. The number of ether oxygens (including phenoxy) is 1. The van der Waals surface area contributed by atoms with Crippen molar-refractivity contribution in [2.45, 2.75) is 12.3 Å². The lowest BCUT2D eigenvalue weighted by Gasteiger charge is -2.31. The predicted octanol–water partition coefficient (Wildman–Crippen LogP) is 3.58. The summed E-state index contributed by atoms with van der Waals surface area (Å²) >= 11 is 6.04. The number of nitrogens with zero attached hydrogens (tertiary/aromatic N) is 2. The lowest BCUT2D eigenvalue weighted by Crippen LogP contribution is -2.37. The van der Waals surface area contributed by atoms with Gasteiger partial charge in [-0.1, -0.05) is 29.8 Å². The lowest BCUT2D eigenvalue weighted by molar-refractivity contribution is -0.384. The number of hydrogen-bond donors (Lipinski definition) is 0. The standard InChI is InChI=1S/C19H13ClN2O5/c20-12-4-2-5-13(8-12)21-16-10-27-19(24)18(16)15(9-17(21)23)11-3-1-6-14(7-11)22(25)26/h1-8,15H,9-10H2. The third-order valence-corrected chi connectivity index (χ3v) is 4.90. The van der Waals surface area contributed by atoms with E-state index in [0.717, 1.165) is 0 Å². The van der Waals surface area contributed by atoms with E-state index in [9.17, 15) is 19.7 Å². The molecule has 0 spiro atoms. The first-order chi connectivity index (χ1) is 13.0. The predicted molar refractivity (Wildman–Crippen MR) is 97.4 cm³/mol. The van der Waals surface area contributed by atoms with Crippen molar-refractivity contribution in [1.82, 2.24) is 0 Å². The van der Waals surface area contributed by atoms with E-state index in [2.05, 4.69) is 0 Å². The Kier molecular flexibility index (Phi) is 4.16. The average Bonchev–Trinajstić information content (AvgIpc) is 3.02. The van der Waals surface area contributed by atoms with Crippen LogP contribution in [0.2, 0.25) is 5.02 Å². The Bertz CT molecular complexity index is 1020. The summed E-state index contributed by atoms with van der Waals surface area (Å²) in [5, 5.41) is 11.5. The number of amides is 1. The van der Waals surface area contributed by atoms with Crippen LogP contribution in [-0.4, -0.2) is 23.4 Å². The fourth-order valence-corrected chi connectivity index (χ4v) is 3.69. The van der Waals surface area contributed by atoms with Crippen LogP contribution >= 0.6 is 11.6 Å². The highest BCUT2D eigenvalue weighted by molar-refractivity contribution is 6.31. The van der Waals surface area contributed by atoms with E-state index in [0.29, 0.717) is 27.5 Å². The maximum atomic E-state index is 12.9. The molecule has 27 heavy (non-hydrogen) atoms. The Morgan fingerprint density at radius 1 is 1.15 bits per heavy atom. The first-order valence-corrected chi connectivity index (χ1v) is 8.56. The van der Waals surface area contributed by atoms with Crippen molar-refractivity contribution < 1.29 is 19.2 Å². The topological polar surface area (TPSA) is 89.7 Å². The summed E-state index contributed by atoms with van der Waals surface area (Å²) < 4.78 is 5.19. The Morgan fingerprint density at radius 2 is 1.93 bits per heavy atom. The number of anilines is 1. The van der Waals surface area contributed by atoms with E-state index in [-0.39, 0.29) is 24.6 Å². The van der Waals surface area contributed by atoms with Crippen molar-refractivity contribution in [1.29, 1.82) is 0 Å². The maximum absolute atomic E-state index is 12.9. The van der Waals surface area contributed by atoms with Crippen molar-refractivity contribution in [3.63, 3.8) is 0 Å². The minimum absolute atomic E-state index is 0.00160. The monoisotopic (exact) mass is 384 g/mol. The van der Waals surface area contributed by atoms with Crippen LogP contribution < -0.4 is 4.90 Å². The molecule has 0 saturated heterocycles. The van der Waals surface area contributed by atoms with E-state index >= 15 is 0 Å². The number of esters is 1. The van der Waals surface area contributed by atoms with Crippen molar-refractivity contribution >= 4 is 34.9 Å². The normalized spacial score (nSPS) is 19.1. The number of halogens is 1. The largest absolute Gasteiger partial charge is 0.456 e. The molecular weight excluding hydrogens is 372 g/mol. The highest BCUT2D eigenvalue weighted by Gasteiger charge is 2.43. The summed E-state index contributed by atoms with van der Waals surface area (Å²) in [4.78, 5) is 37.3. The van der Waals surface area contributed by atoms with E-state index in [1.807, 2.05) is 0 Å². The Hall–Kier alpha value is -3.19. The molecule has 0 aromatic heterocycles. The molecule has 136 valence electrons. The molecule has 0 bridgehead atoms. The minimum Gasteiger partial charge on any atom is -0.456 e. The van der Waals surface area contributed by atoms with Gasteiger partial charge in [0.1, 0.15) is 6.61 Å². The number of rotatable bonds is 3. The van der Waals surface area contributed by atoms with Crippen LogP contribution in [0.15, 0.2) is 59.8 Å². The van der Waals surface area contributed by atoms with Crippen LogP contribution in [0, 0.1) is 10.1 Å². The molecule has 4 rings (SSSR count). The Morgan fingerprint density at radius 3 is 2.67 bits per heavy atom. The summed E-state index contributed by atoms with van der Waals surface area (Å²) in [7, 11) is 0. The molecule has 7 nitrogen and oxygen atoms in total. The first kappa shape index (κ1) is 17.2. The average molecular weight is 385 g/mol. The highest BCUT2D eigenvalue weighted by Crippen LogP contribution is 2.42. The molecule has 1 amide bonds. The van der Waals surface area contributed by atoms with E-state index in [1.54, 1.807) is 36.4 Å². The zero-order valence-electron chi connectivity index (χ0n) is 13.9. The van der Waals surface area contributed by atoms with Gasteiger partial charge < -0.3 is 4.74 Å². The molecule has 2 aliphatic rings. The van der Waals surface area contributed by atoms with Crippen molar-refractivity contribution in [2.75, 3.05) is 11.5 Å². The lowest BCUT2D eigenvalue weighted by atomic mass is 9.84. The molecule has 0 saturated carbocycles. The number of nitro groups is 1. The number of non-ortho nitro benzene ring substituents is 1. The number of hydrogen-bond acceptors (Lipinski definition) is 5.